The van der Waals surface area contributed by atoms with Gasteiger partial charge >= 0.3 is 0 Å². The monoisotopic (exact) mass is 215 g/mol. The summed E-state index contributed by atoms with van der Waals surface area (Å²) < 4.78 is 0. The van der Waals surface area contributed by atoms with Crippen LogP contribution in [0, 0.1) is 5.92 Å². The Labute approximate surface area is 98.3 Å². The van der Waals surface area contributed by atoms with Gasteiger partial charge in [0.15, 0.2) is 0 Å². The van der Waals surface area contributed by atoms with Gasteiger partial charge in [-0.1, -0.05) is 36.8 Å². The van der Waals surface area contributed by atoms with Crippen molar-refractivity contribution in [3.63, 3.8) is 0 Å². The van der Waals surface area contributed by atoms with Gasteiger partial charge in [-0.25, -0.2) is 0 Å². The molecule has 1 aromatic carbocycles. The summed E-state index contributed by atoms with van der Waals surface area (Å²) in [6, 6.07) is 12.5. The molecule has 1 aliphatic heterocycles. The van der Waals surface area contributed by atoms with E-state index in [-0.39, 0.29) is 0 Å². The number of hydrogen-bond donors (Lipinski definition) is 1. The Hall–Kier alpha value is -0.820. The van der Waals surface area contributed by atoms with Crippen LogP contribution in [0.2, 0.25) is 0 Å². The van der Waals surface area contributed by atoms with Crippen LogP contribution in [0.3, 0.4) is 0 Å². The van der Waals surface area contributed by atoms with Gasteiger partial charge in [-0.3, -0.25) is 0 Å². The molecule has 0 radical (unpaired) electrons. The molecule has 1 heteroatoms. The Bertz CT molecular complexity index is 333. The molecular formula is C15H21N. The zero-order valence-electron chi connectivity index (χ0n) is 9.86. The van der Waals surface area contributed by atoms with Crippen LogP contribution < -0.4 is 5.32 Å². The highest BCUT2D eigenvalue weighted by Crippen LogP contribution is 2.34. The maximum Gasteiger partial charge on any atom is 0.0110 e. The number of nitrogens with one attached hydrogen (secondary N) is 1. The van der Waals surface area contributed by atoms with Crippen LogP contribution in [0.15, 0.2) is 30.3 Å². The maximum atomic E-state index is 3.86. The molecule has 1 aliphatic carbocycles. The van der Waals surface area contributed by atoms with Crippen molar-refractivity contribution in [1.82, 2.24) is 5.32 Å². The van der Waals surface area contributed by atoms with Crippen LogP contribution in [0.5, 0.6) is 0 Å². The highest BCUT2D eigenvalue weighted by atomic mass is 15.0. The number of benzene rings is 1. The lowest BCUT2D eigenvalue weighted by Gasteiger charge is -2.33. The van der Waals surface area contributed by atoms with Crippen LogP contribution in [0.4, 0.5) is 0 Å². The largest absolute Gasteiger partial charge is 0.311 e. The molecule has 0 spiro atoms. The third-order valence-electron chi connectivity index (χ3n) is 4.32. The van der Waals surface area contributed by atoms with Gasteiger partial charge in [0.2, 0.25) is 0 Å². The number of hydrogen-bond acceptors (Lipinski definition) is 1. The third-order valence-corrected chi connectivity index (χ3v) is 4.32. The van der Waals surface area contributed by atoms with Crippen molar-refractivity contribution in [3.05, 3.63) is 35.9 Å². The molecule has 3 rings (SSSR count). The van der Waals surface area contributed by atoms with E-state index >= 15 is 0 Å². The lowest BCUT2D eigenvalue weighted by Crippen LogP contribution is -2.46. The first kappa shape index (κ1) is 10.3. The van der Waals surface area contributed by atoms with Crippen molar-refractivity contribution in [3.8, 4) is 0 Å². The first-order valence-corrected chi connectivity index (χ1v) is 6.72. The molecule has 2 aliphatic rings. The van der Waals surface area contributed by atoms with Crippen molar-refractivity contribution in [2.24, 2.45) is 5.92 Å². The minimum Gasteiger partial charge on any atom is -0.311 e. The van der Waals surface area contributed by atoms with Gasteiger partial charge in [0, 0.05) is 12.1 Å². The lowest BCUT2D eigenvalue weighted by atomic mass is 9.87. The van der Waals surface area contributed by atoms with Crippen molar-refractivity contribution in [2.45, 2.75) is 50.6 Å². The van der Waals surface area contributed by atoms with Crippen molar-refractivity contribution >= 4 is 0 Å². The van der Waals surface area contributed by atoms with E-state index in [1.807, 2.05) is 0 Å². The van der Waals surface area contributed by atoms with Gasteiger partial charge < -0.3 is 5.32 Å². The highest BCUT2D eigenvalue weighted by molar-refractivity contribution is 5.16. The van der Waals surface area contributed by atoms with Gasteiger partial charge in [0.25, 0.3) is 0 Å². The van der Waals surface area contributed by atoms with E-state index in [4.69, 9.17) is 0 Å². The van der Waals surface area contributed by atoms with Gasteiger partial charge in [-0.15, -0.1) is 0 Å². The minimum absolute atomic E-state index is 0.724. The summed E-state index contributed by atoms with van der Waals surface area (Å²) >= 11 is 0. The second-order valence-electron chi connectivity index (χ2n) is 5.43. The smallest absolute Gasteiger partial charge is 0.0110 e. The molecule has 0 aromatic heterocycles. The fourth-order valence-electron chi connectivity index (χ4n) is 3.46. The van der Waals surface area contributed by atoms with E-state index in [1.54, 1.807) is 0 Å². The second-order valence-corrected chi connectivity index (χ2v) is 5.43. The van der Waals surface area contributed by atoms with Gasteiger partial charge in [-0.05, 0) is 43.6 Å². The van der Waals surface area contributed by atoms with E-state index in [1.165, 1.54) is 44.1 Å². The highest BCUT2D eigenvalue weighted by Gasteiger charge is 2.32. The summed E-state index contributed by atoms with van der Waals surface area (Å²) in [5.41, 5.74) is 1.48. The standard InChI is InChI=1S/C15H21N/c1-2-5-12(6-3-1)11-14-10-9-13-7-4-8-15(13)16-14/h1-3,5-6,13-16H,4,7-11H2. The number of rotatable bonds is 2. The SMILES string of the molecule is c1ccc(CC2CCC3CCCC3N2)cc1. The molecule has 1 saturated heterocycles. The van der Waals surface area contributed by atoms with Crippen molar-refractivity contribution in [1.29, 1.82) is 0 Å². The molecule has 1 nitrogen and oxygen atoms in total. The van der Waals surface area contributed by atoms with Crippen LogP contribution in [0.1, 0.15) is 37.7 Å². The first-order chi connectivity index (χ1) is 7.92. The predicted molar refractivity (Wildman–Crippen MR) is 67.4 cm³/mol. The van der Waals surface area contributed by atoms with E-state index in [0.29, 0.717) is 0 Å². The van der Waals surface area contributed by atoms with E-state index < -0.39 is 0 Å². The Morgan fingerprint density at radius 2 is 1.88 bits per heavy atom. The molecule has 2 fully saturated rings. The molecule has 16 heavy (non-hydrogen) atoms. The Balaban J connectivity index is 1.60. The second kappa shape index (κ2) is 4.58. The fraction of sp³-hybridized carbons (Fsp3) is 0.600. The van der Waals surface area contributed by atoms with E-state index in [2.05, 4.69) is 35.6 Å². The third kappa shape index (κ3) is 2.15. The van der Waals surface area contributed by atoms with Crippen LogP contribution >= 0.6 is 0 Å². The molecule has 1 heterocycles. The zero-order valence-corrected chi connectivity index (χ0v) is 9.86. The normalized spacial score (nSPS) is 33.6. The van der Waals surface area contributed by atoms with E-state index in [0.717, 1.165) is 18.0 Å². The molecule has 3 atom stereocenters. The molecule has 1 aromatic rings. The number of piperidine rings is 1. The maximum absolute atomic E-state index is 3.86. The molecule has 1 saturated carbocycles. The summed E-state index contributed by atoms with van der Waals surface area (Å²) in [5.74, 6) is 0.993. The average molecular weight is 215 g/mol. The molecule has 0 amide bonds. The lowest BCUT2D eigenvalue weighted by molar-refractivity contribution is 0.257. The summed E-state index contributed by atoms with van der Waals surface area (Å²) in [6.45, 7) is 0. The van der Waals surface area contributed by atoms with Crippen LogP contribution in [-0.4, -0.2) is 12.1 Å². The Morgan fingerprint density at radius 1 is 1.00 bits per heavy atom. The molecular weight excluding hydrogens is 194 g/mol. The average Bonchev–Trinajstić information content (AvgIpc) is 2.77. The summed E-state index contributed by atoms with van der Waals surface area (Å²) in [6.07, 6.45) is 8.36. The summed E-state index contributed by atoms with van der Waals surface area (Å²) in [4.78, 5) is 0. The Morgan fingerprint density at radius 3 is 2.75 bits per heavy atom. The topological polar surface area (TPSA) is 12.0 Å². The Kier molecular flexibility index (Phi) is 2.96. The first-order valence-electron chi connectivity index (χ1n) is 6.72. The van der Waals surface area contributed by atoms with Gasteiger partial charge in [0.05, 0.1) is 0 Å². The molecule has 1 N–H and O–H groups in total. The number of fused-ring (bicyclic) bond motifs is 1. The van der Waals surface area contributed by atoms with Gasteiger partial charge in [-0.2, -0.15) is 0 Å². The van der Waals surface area contributed by atoms with E-state index in [9.17, 15) is 0 Å². The minimum atomic E-state index is 0.724. The molecule has 86 valence electrons. The van der Waals surface area contributed by atoms with Crippen molar-refractivity contribution < 1.29 is 0 Å². The summed E-state index contributed by atoms with van der Waals surface area (Å²) in [7, 11) is 0. The predicted octanol–water partition coefficient (Wildman–Crippen LogP) is 3.15. The van der Waals surface area contributed by atoms with Crippen LogP contribution in [-0.2, 0) is 6.42 Å². The molecule has 3 unspecified atom stereocenters. The van der Waals surface area contributed by atoms with Crippen LogP contribution in [0.25, 0.3) is 0 Å². The van der Waals surface area contributed by atoms with Crippen molar-refractivity contribution in [2.75, 3.05) is 0 Å². The fourth-order valence-corrected chi connectivity index (χ4v) is 3.46. The quantitative estimate of drug-likeness (QED) is 0.799. The summed E-state index contributed by atoms with van der Waals surface area (Å²) in [5, 5.41) is 3.86. The zero-order chi connectivity index (χ0) is 10.8. The van der Waals surface area contributed by atoms with Gasteiger partial charge in [0.1, 0.15) is 0 Å². The molecule has 0 bridgehead atoms.